The number of unbranched alkanes of at least 4 members (excludes halogenated alkanes) is 2. The van der Waals surface area contributed by atoms with E-state index in [4.69, 9.17) is 9.47 Å². The topological polar surface area (TPSA) is 69.7 Å². The Hall–Kier alpha value is -1.30. The second-order valence-corrected chi connectivity index (χ2v) is 9.91. The number of ketones is 1. The summed E-state index contributed by atoms with van der Waals surface area (Å²) in [5.41, 5.74) is -0.751. The Morgan fingerprint density at radius 2 is 1.67 bits per heavy atom. The van der Waals surface area contributed by atoms with Crippen LogP contribution >= 0.6 is 11.8 Å². The van der Waals surface area contributed by atoms with Crippen LogP contribution in [0, 0.1) is 23.2 Å². The predicted octanol–water partition coefficient (Wildman–Crippen LogP) is 4.97. The van der Waals surface area contributed by atoms with Gasteiger partial charge < -0.3 is 9.47 Å². The third-order valence-corrected chi connectivity index (χ3v) is 8.08. The number of allylic oxidation sites excluding steroid dienone is 1. The summed E-state index contributed by atoms with van der Waals surface area (Å²) in [4.78, 5) is 39.6. The molecule has 170 valence electrons. The number of fused-ring (bicyclic) bond motifs is 2. The molecule has 30 heavy (non-hydrogen) atoms. The van der Waals surface area contributed by atoms with Gasteiger partial charge in [-0.25, -0.2) is 0 Å². The Balaban J connectivity index is 2.71. The second kappa shape index (κ2) is 11.4. The fourth-order valence-electron chi connectivity index (χ4n) is 5.36. The van der Waals surface area contributed by atoms with Crippen molar-refractivity contribution >= 4 is 29.5 Å². The fraction of sp³-hybridized carbons (Fsp3) is 0.792. The number of Topliss-reactive ketones (excluding diaryl/α,β-unsaturated/α-hetero) is 1. The number of carbonyl (C=O) groups is 3. The highest BCUT2D eigenvalue weighted by Gasteiger charge is 2.60. The van der Waals surface area contributed by atoms with Gasteiger partial charge in [0.1, 0.15) is 5.78 Å². The molecular weight excluding hydrogens is 400 g/mol. The molecule has 2 aliphatic rings. The molecule has 2 aliphatic carbocycles. The van der Waals surface area contributed by atoms with Gasteiger partial charge in [0.25, 0.3) is 0 Å². The summed E-state index contributed by atoms with van der Waals surface area (Å²) in [7, 11) is 2.61. The largest absolute Gasteiger partial charge is 0.468 e. The predicted molar refractivity (Wildman–Crippen MR) is 120 cm³/mol. The summed E-state index contributed by atoms with van der Waals surface area (Å²) in [6.45, 7) is 6.40. The minimum absolute atomic E-state index is 0.134. The first-order valence-corrected chi connectivity index (χ1v) is 12.5. The van der Waals surface area contributed by atoms with Crippen molar-refractivity contribution in [1.82, 2.24) is 0 Å². The number of rotatable bonds is 10. The molecule has 0 amide bonds. The van der Waals surface area contributed by atoms with Crippen LogP contribution in [0.15, 0.2) is 11.6 Å². The molecule has 0 aliphatic heterocycles. The molecular formula is C24H38O5S. The van der Waals surface area contributed by atoms with Crippen molar-refractivity contribution in [2.75, 3.05) is 20.0 Å². The number of ether oxygens (including phenoxy) is 2. The van der Waals surface area contributed by atoms with Gasteiger partial charge in [-0.3, -0.25) is 14.4 Å². The van der Waals surface area contributed by atoms with Crippen LogP contribution in [0.2, 0.25) is 0 Å². The fourth-order valence-corrected chi connectivity index (χ4v) is 6.74. The maximum atomic E-state index is 13.5. The zero-order valence-electron chi connectivity index (χ0n) is 19.2. The zero-order valence-corrected chi connectivity index (χ0v) is 20.0. The van der Waals surface area contributed by atoms with Crippen molar-refractivity contribution in [2.45, 2.75) is 77.4 Å². The third kappa shape index (κ3) is 4.63. The van der Waals surface area contributed by atoms with E-state index < -0.39 is 17.4 Å². The van der Waals surface area contributed by atoms with Crippen LogP contribution in [0.25, 0.3) is 0 Å². The van der Waals surface area contributed by atoms with E-state index >= 15 is 0 Å². The number of thioether (sulfide) groups is 1. The molecule has 0 aromatic rings. The van der Waals surface area contributed by atoms with Gasteiger partial charge in [0.15, 0.2) is 5.41 Å². The zero-order chi connectivity index (χ0) is 22.3. The summed E-state index contributed by atoms with van der Waals surface area (Å²) < 4.78 is 10.3. The number of hydrogen-bond donors (Lipinski definition) is 0. The van der Waals surface area contributed by atoms with Crippen LogP contribution in [0.1, 0.15) is 72.1 Å². The standard InChI is InChI=1S/C24H38O5S/c1-6-9-11-16-15-18-21(30-8-3)20(17(16)12-10-7-2)19(25)13-14-24(18,22(26)28-4)23(27)29-5/h15-17,20-21H,6-14H2,1-5H3/t16-,17+,20+,21+/m1/s1. The number of methoxy groups -OCH3 is 2. The van der Waals surface area contributed by atoms with E-state index in [1.807, 2.05) is 0 Å². The average Bonchev–Trinajstić information content (AvgIpc) is 2.84. The summed E-state index contributed by atoms with van der Waals surface area (Å²) in [5, 5.41) is -0.178. The van der Waals surface area contributed by atoms with Crippen LogP contribution in [0.3, 0.4) is 0 Å². The van der Waals surface area contributed by atoms with E-state index in [2.05, 4.69) is 26.8 Å². The molecule has 0 saturated heterocycles. The minimum atomic E-state index is -1.51. The maximum absolute atomic E-state index is 13.5. The van der Waals surface area contributed by atoms with E-state index in [1.165, 1.54) is 14.2 Å². The molecule has 0 unspecified atom stereocenters. The van der Waals surface area contributed by atoms with Gasteiger partial charge in [0.05, 0.1) is 14.2 Å². The quantitative estimate of drug-likeness (QED) is 0.272. The highest BCUT2D eigenvalue weighted by Crippen LogP contribution is 2.54. The molecule has 4 atom stereocenters. The summed E-state index contributed by atoms with van der Waals surface area (Å²) in [5.74, 6) is 0.103. The molecule has 6 heteroatoms. The Bertz CT molecular complexity index is 640. The lowest BCUT2D eigenvalue weighted by molar-refractivity contribution is -0.166. The van der Waals surface area contributed by atoms with Gasteiger partial charge in [0.2, 0.25) is 0 Å². The Kier molecular flexibility index (Phi) is 9.45. The van der Waals surface area contributed by atoms with Crippen LogP contribution in [0.4, 0.5) is 0 Å². The van der Waals surface area contributed by atoms with Crippen molar-refractivity contribution < 1.29 is 23.9 Å². The smallest absolute Gasteiger partial charge is 0.327 e. The van der Waals surface area contributed by atoms with Crippen LogP contribution < -0.4 is 0 Å². The summed E-state index contributed by atoms with van der Waals surface area (Å²) >= 11 is 1.68. The van der Waals surface area contributed by atoms with Crippen molar-refractivity contribution in [3.8, 4) is 0 Å². The van der Waals surface area contributed by atoms with Crippen LogP contribution in [-0.2, 0) is 23.9 Å². The minimum Gasteiger partial charge on any atom is -0.468 e. The SMILES string of the molecule is CCCC[C@@H]1[C@H]2C(=O)CCC(C(=O)OC)(C(=O)OC)C(=C[C@H]1CCCC)[C@@H]2SCC. The van der Waals surface area contributed by atoms with Crippen molar-refractivity contribution in [3.05, 3.63) is 11.6 Å². The van der Waals surface area contributed by atoms with Gasteiger partial charge in [-0.15, -0.1) is 0 Å². The lowest BCUT2D eigenvalue weighted by atomic mass is 9.64. The Morgan fingerprint density at radius 1 is 1.07 bits per heavy atom. The van der Waals surface area contributed by atoms with E-state index in [9.17, 15) is 14.4 Å². The van der Waals surface area contributed by atoms with Crippen molar-refractivity contribution in [1.29, 1.82) is 0 Å². The van der Waals surface area contributed by atoms with Crippen LogP contribution in [0.5, 0.6) is 0 Å². The van der Waals surface area contributed by atoms with Gasteiger partial charge in [0, 0.05) is 17.6 Å². The molecule has 0 radical (unpaired) electrons. The highest BCUT2D eigenvalue weighted by atomic mass is 32.2. The molecule has 1 saturated carbocycles. The van der Waals surface area contributed by atoms with E-state index in [0.717, 1.165) is 49.9 Å². The molecule has 0 heterocycles. The average molecular weight is 439 g/mol. The summed E-state index contributed by atoms with van der Waals surface area (Å²) in [6, 6.07) is 0. The monoisotopic (exact) mass is 438 g/mol. The third-order valence-electron chi connectivity index (χ3n) is 6.84. The van der Waals surface area contributed by atoms with Crippen molar-refractivity contribution in [3.63, 3.8) is 0 Å². The lowest BCUT2D eigenvalue weighted by Gasteiger charge is -2.44. The van der Waals surface area contributed by atoms with Gasteiger partial charge in [-0.2, -0.15) is 11.8 Å². The lowest BCUT2D eigenvalue weighted by Crippen LogP contribution is -2.48. The molecule has 0 spiro atoms. The molecule has 1 fully saturated rings. The van der Waals surface area contributed by atoms with Gasteiger partial charge >= 0.3 is 11.9 Å². The van der Waals surface area contributed by atoms with E-state index in [1.54, 1.807) is 11.8 Å². The maximum Gasteiger partial charge on any atom is 0.327 e. The van der Waals surface area contributed by atoms with Crippen molar-refractivity contribution in [2.24, 2.45) is 23.2 Å². The molecule has 5 nitrogen and oxygen atoms in total. The van der Waals surface area contributed by atoms with Gasteiger partial charge in [-0.05, 0) is 42.4 Å². The van der Waals surface area contributed by atoms with Gasteiger partial charge in [-0.1, -0.05) is 52.5 Å². The first-order chi connectivity index (χ1) is 14.4. The van der Waals surface area contributed by atoms with E-state index in [0.29, 0.717) is 0 Å². The first kappa shape index (κ1) is 25.0. The molecule has 2 bridgehead atoms. The number of hydrogen-bond acceptors (Lipinski definition) is 6. The van der Waals surface area contributed by atoms with Crippen LogP contribution in [-0.4, -0.2) is 42.9 Å². The normalized spacial score (nSPS) is 27.8. The second-order valence-electron chi connectivity index (χ2n) is 8.49. The Labute approximate surface area is 185 Å². The Morgan fingerprint density at radius 3 is 2.20 bits per heavy atom. The molecule has 2 rings (SSSR count). The molecule has 0 aromatic heterocycles. The van der Waals surface area contributed by atoms with E-state index in [-0.39, 0.29) is 41.6 Å². The number of esters is 2. The molecule has 0 aromatic carbocycles. The first-order valence-electron chi connectivity index (χ1n) is 11.5. The molecule has 0 N–H and O–H groups in total. The highest BCUT2D eigenvalue weighted by molar-refractivity contribution is 8.00. The summed E-state index contributed by atoms with van der Waals surface area (Å²) in [6.07, 6.45) is 8.81. The number of carbonyl (C=O) groups excluding carboxylic acids is 3.